The highest BCUT2D eigenvalue weighted by Crippen LogP contribution is 2.28. The maximum atomic E-state index is 6.04. The zero-order valence-corrected chi connectivity index (χ0v) is 10.7. The molecule has 0 aliphatic heterocycles. The van der Waals surface area contributed by atoms with Crippen molar-refractivity contribution in [3.8, 4) is 0 Å². The Hall–Kier alpha value is -0.870. The van der Waals surface area contributed by atoms with Gasteiger partial charge in [-0.2, -0.15) is 0 Å². The van der Waals surface area contributed by atoms with E-state index in [9.17, 15) is 0 Å². The van der Waals surface area contributed by atoms with E-state index in [-0.39, 0.29) is 6.04 Å². The van der Waals surface area contributed by atoms with Crippen LogP contribution in [0, 0.1) is 5.92 Å². The van der Waals surface area contributed by atoms with E-state index in [1.54, 1.807) is 6.20 Å². The Morgan fingerprint density at radius 2 is 2.18 bits per heavy atom. The fraction of sp³-hybridized carbons (Fsp3) is 0.667. The Bertz CT molecular complexity index is 352. The summed E-state index contributed by atoms with van der Waals surface area (Å²) in [5.41, 5.74) is 5.85. The fourth-order valence-corrected chi connectivity index (χ4v) is 2.66. The average molecular weight is 255 g/mol. The number of rotatable bonds is 4. The van der Waals surface area contributed by atoms with Crippen LogP contribution in [-0.2, 0) is 0 Å². The van der Waals surface area contributed by atoms with Crippen molar-refractivity contribution in [2.75, 3.05) is 11.9 Å². The van der Waals surface area contributed by atoms with Gasteiger partial charge in [0.05, 0.1) is 6.20 Å². The zero-order chi connectivity index (χ0) is 12.1. The highest BCUT2D eigenvalue weighted by atomic mass is 35.5. The van der Waals surface area contributed by atoms with Gasteiger partial charge in [-0.15, -0.1) is 0 Å². The summed E-state index contributed by atoms with van der Waals surface area (Å²) in [6.45, 7) is 0.616. The second-order valence-corrected chi connectivity index (χ2v) is 5.01. The molecule has 17 heavy (non-hydrogen) atoms. The number of aromatic nitrogens is 2. The number of nitrogens with zero attached hydrogens (tertiary/aromatic N) is 2. The molecule has 1 fully saturated rings. The first kappa shape index (κ1) is 12.6. The summed E-state index contributed by atoms with van der Waals surface area (Å²) in [6.07, 6.45) is 9.56. The fourth-order valence-electron chi connectivity index (χ4n) is 2.50. The summed E-state index contributed by atoms with van der Waals surface area (Å²) in [5.74, 6) is 1.34. The molecule has 1 heterocycles. The standard InChI is InChI=1S/C12H19ClN4/c13-10-7-15-8-16-12(10)17-11(6-14)9-4-2-1-3-5-9/h7-9,11H,1-6,14H2,(H,15,16,17). The van der Waals surface area contributed by atoms with Crippen molar-refractivity contribution < 1.29 is 0 Å². The van der Waals surface area contributed by atoms with Gasteiger partial charge in [-0.1, -0.05) is 30.9 Å². The predicted molar refractivity (Wildman–Crippen MR) is 70.1 cm³/mol. The molecule has 4 nitrogen and oxygen atoms in total. The third-order valence-electron chi connectivity index (χ3n) is 3.46. The van der Waals surface area contributed by atoms with Gasteiger partial charge in [0.25, 0.3) is 0 Å². The van der Waals surface area contributed by atoms with E-state index < -0.39 is 0 Å². The molecule has 1 unspecified atom stereocenters. The molecule has 94 valence electrons. The molecule has 1 aromatic heterocycles. The van der Waals surface area contributed by atoms with Crippen LogP contribution in [0.15, 0.2) is 12.5 Å². The van der Waals surface area contributed by atoms with Gasteiger partial charge in [-0.25, -0.2) is 9.97 Å². The molecule has 1 aromatic rings. The second kappa shape index (κ2) is 6.17. The Labute approximate surface area is 107 Å². The van der Waals surface area contributed by atoms with Crippen LogP contribution in [0.5, 0.6) is 0 Å². The van der Waals surface area contributed by atoms with Gasteiger partial charge < -0.3 is 11.1 Å². The minimum atomic E-state index is 0.266. The van der Waals surface area contributed by atoms with Gasteiger partial charge in [0, 0.05) is 12.6 Å². The van der Waals surface area contributed by atoms with E-state index in [0.29, 0.717) is 23.3 Å². The monoisotopic (exact) mass is 254 g/mol. The summed E-state index contributed by atoms with van der Waals surface area (Å²) >= 11 is 6.04. The van der Waals surface area contributed by atoms with Gasteiger partial charge in [0.15, 0.2) is 0 Å². The van der Waals surface area contributed by atoms with E-state index in [2.05, 4.69) is 15.3 Å². The molecular formula is C12H19ClN4. The minimum absolute atomic E-state index is 0.266. The van der Waals surface area contributed by atoms with Crippen molar-refractivity contribution in [1.29, 1.82) is 0 Å². The molecule has 0 bridgehead atoms. The molecule has 0 spiro atoms. The maximum absolute atomic E-state index is 6.04. The van der Waals surface area contributed by atoms with Gasteiger partial charge in [0.1, 0.15) is 17.2 Å². The number of halogens is 1. The third-order valence-corrected chi connectivity index (χ3v) is 3.74. The number of nitrogens with two attached hydrogens (primary N) is 1. The lowest BCUT2D eigenvalue weighted by molar-refractivity contribution is 0.320. The Balaban J connectivity index is 2.01. The predicted octanol–water partition coefficient (Wildman–Crippen LogP) is 2.45. The maximum Gasteiger partial charge on any atom is 0.148 e. The summed E-state index contributed by atoms with van der Waals surface area (Å²) in [5, 5.41) is 3.92. The molecule has 0 saturated heterocycles. The largest absolute Gasteiger partial charge is 0.364 e. The first-order valence-corrected chi connectivity index (χ1v) is 6.61. The molecular weight excluding hydrogens is 236 g/mol. The van der Waals surface area contributed by atoms with Crippen LogP contribution in [-0.4, -0.2) is 22.6 Å². The van der Waals surface area contributed by atoms with Crippen LogP contribution in [0.3, 0.4) is 0 Å². The Morgan fingerprint density at radius 3 is 2.82 bits per heavy atom. The highest BCUT2D eigenvalue weighted by molar-refractivity contribution is 6.32. The first-order chi connectivity index (χ1) is 8.31. The van der Waals surface area contributed by atoms with Crippen LogP contribution in [0.1, 0.15) is 32.1 Å². The van der Waals surface area contributed by atoms with Crippen molar-refractivity contribution in [1.82, 2.24) is 9.97 Å². The van der Waals surface area contributed by atoms with E-state index in [0.717, 1.165) is 0 Å². The lowest BCUT2D eigenvalue weighted by atomic mass is 9.84. The molecule has 3 N–H and O–H groups in total. The lowest BCUT2D eigenvalue weighted by Gasteiger charge is -2.30. The first-order valence-electron chi connectivity index (χ1n) is 6.23. The van der Waals surface area contributed by atoms with Gasteiger partial charge in [0.2, 0.25) is 0 Å². The third kappa shape index (κ3) is 3.30. The van der Waals surface area contributed by atoms with Crippen molar-refractivity contribution >= 4 is 17.4 Å². The number of nitrogens with one attached hydrogen (secondary N) is 1. The van der Waals surface area contributed by atoms with Gasteiger partial charge >= 0.3 is 0 Å². The molecule has 5 heteroatoms. The van der Waals surface area contributed by atoms with Crippen LogP contribution < -0.4 is 11.1 Å². The van der Waals surface area contributed by atoms with Crippen LogP contribution >= 0.6 is 11.6 Å². The summed E-state index contributed by atoms with van der Waals surface area (Å²) < 4.78 is 0. The SMILES string of the molecule is NCC(Nc1ncncc1Cl)C1CCCCC1. The Morgan fingerprint density at radius 1 is 1.41 bits per heavy atom. The second-order valence-electron chi connectivity index (χ2n) is 4.60. The van der Waals surface area contributed by atoms with E-state index in [1.165, 1.54) is 38.4 Å². The van der Waals surface area contributed by atoms with Gasteiger partial charge in [-0.3, -0.25) is 0 Å². The lowest BCUT2D eigenvalue weighted by Crippen LogP contribution is -2.37. The zero-order valence-electron chi connectivity index (χ0n) is 9.90. The molecule has 1 atom stereocenters. The van der Waals surface area contributed by atoms with E-state index in [4.69, 9.17) is 17.3 Å². The van der Waals surface area contributed by atoms with Gasteiger partial charge in [-0.05, 0) is 18.8 Å². The Kier molecular flexibility index (Phi) is 4.57. The molecule has 1 aliphatic carbocycles. The normalized spacial score (nSPS) is 18.9. The molecule has 0 amide bonds. The summed E-state index contributed by atoms with van der Waals surface area (Å²) in [4.78, 5) is 8.03. The molecule has 2 rings (SSSR count). The van der Waals surface area contributed by atoms with Crippen LogP contribution in [0.4, 0.5) is 5.82 Å². The van der Waals surface area contributed by atoms with Crippen molar-refractivity contribution in [3.63, 3.8) is 0 Å². The van der Waals surface area contributed by atoms with Crippen molar-refractivity contribution in [3.05, 3.63) is 17.5 Å². The van der Waals surface area contributed by atoms with Crippen molar-refractivity contribution in [2.45, 2.75) is 38.1 Å². The number of anilines is 1. The number of hydrogen-bond donors (Lipinski definition) is 2. The molecule has 0 radical (unpaired) electrons. The molecule has 1 saturated carbocycles. The quantitative estimate of drug-likeness (QED) is 0.866. The van der Waals surface area contributed by atoms with Crippen LogP contribution in [0.2, 0.25) is 5.02 Å². The summed E-state index contributed by atoms with van der Waals surface area (Å²) in [6, 6.07) is 0.266. The van der Waals surface area contributed by atoms with E-state index in [1.807, 2.05) is 0 Å². The highest BCUT2D eigenvalue weighted by Gasteiger charge is 2.23. The number of hydrogen-bond acceptors (Lipinski definition) is 4. The topological polar surface area (TPSA) is 63.8 Å². The molecule has 1 aliphatic rings. The molecule has 0 aromatic carbocycles. The average Bonchev–Trinajstić information content (AvgIpc) is 2.39. The minimum Gasteiger partial charge on any atom is -0.364 e. The van der Waals surface area contributed by atoms with E-state index >= 15 is 0 Å². The van der Waals surface area contributed by atoms with Crippen LogP contribution in [0.25, 0.3) is 0 Å². The summed E-state index contributed by atoms with van der Waals surface area (Å²) in [7, 11) is 0. The van der Waals surface area contributed by atoms with Crippen molar-refractivity contribution in [2.24, 2.45) is 11.7 Å². The smallest absolute Gasteiger partial charge is 0.148 e.